The summed E-state index contributed by atoms with van der Waals surface area (Å²) in [6.07, 6.45) is 2.10. The van der Waals surface area contributed by atoms with E-state index < -0.39 is 0 Å². The molecule has 0 unspecified atom stereocenters. The zero-order valence-electron chi connectivity index (χ0n) is 15.5. The second-order valence-electron chi connectivity index (χ2n) is 6.76. The van der Waals surface area contributed by atoms with E-state index in [1.807, 2.05) is 48.5 Å². The Morgan fingerprint density at radius 1 is 1.07 bits per heavy atom. The van der Waals surface area contributed by atoms with Crippen LogP contribution in [-0.4, -0.2) is 33.4 Å². The van der Waals surface area contributed by atoms with Gasteiger partial charge in [0, 0.05) is 12.5 Å². The summed E-state index contributed by atoms with van der Waals surface area (Å²) in [5, 5.41) is 7.29. The maximum Gasteiger partial charge on any atom is 0.350 e. The Bertz CT molecular complexity index is 991. The Labute approximate surface area is 162 Å². The number of hydrogen-bond donors (Lipinski definition) is 1. The largest absolute Gasteiger partial charge is 0.484 e. The first-order chi connectivity index (χ1) is 13.7. The van der Waals surface area contributed by atoms with Crippen molar-refractivity contribution in [1.82, 2.24) is 19.7 Å². The lowest BCUT2D eigenvalue weighted by Crippen LogP contribution is -2.34. The average Bonchev–Trinajstić information content (AvgIpc) is 3.52. The van der Waals surface area contributed by atoms with Crippen LogP contribution in [0.1, 0.15) is 24.6 Å². The topological polar surface area (TPSA) is 78.2 Å². The number of aromatic nitrogens is 3. The molecule has 1 aromatic heterocycles. The Hall–Kier alpha value is -3.35. The molecule has 1 amide bonds. The second-order valence-corrected chi connectivity index (χ2v) is 6.76. The molecule has 0 aliphatic heterocycles. The van der Waals surface area contributed by atoms with E-state index in [2.05, 4.69) is 10.4 Å². The molecule has 28 heavy (non-hydrogen) atoms. The number of benzene rings is 2. The number of hydrogen-bond acceptors (Lipinski definition) is 4. The molecule has 4 rings (SSSR count). The molecular formula is C21H22N4O3. The van der Waals surface area contributed by atoms with Crippen LogP contribution < -0.4 is 15.7 Å². The molecule has 1 aliphatic carbocycles. The second kappa shape index (κ2) is 8.12. The van der Waals surface area contributed by atoms with E-state index in [0.29, 0.717) is 24.8 Å². The minimum absolute atomic E-state index is 0.0648. The van der Waals surface area contributed by atoms with Crippen molar-refractivity contribution in [2.45, 2.75) is 25.3 Å². The number of ether oxygens (including phenoxy) is 1. The highest BCUT2D eigenvalue weighted by Gasteiger charge is 2.31. The summed E-state index contributed by atoms with van der Waals surface area (Å²) in [7, 11) is 0. The van der Waals surface area contributed by atoms with E-state index in [9.17, 15) is 9.59 Å². The first-order valence-electron chi connectivity index (χ1n) is 9.42. The van der Waals surface area contributed by atoms with Crippen molar-refractivity contribution in [1.29, 1.82) is 0 Å². The number of nitrogens with zero attached hydrogens (tertiary/aromatic N) is 3. The van der Waals surface area contributed by atoms with Gasteiger partial charge in [-0.2, -0.15) is 5.10 Å². The van der Waals surface area contributed by atoms with Crippen LogP contribution in [0.5, 0.6) is 5.75 Å². The average molecular weight is 378 g/mol. The van der Waals surface area contributed by atoms with Gasteiger partial charge in [-0.15, -0.1) is 0 Å². The van der Waals surface area contributed by atoms with Crippen LogP contribution in [0.3, 0.4) is 0 Å². The first-order valence-corrected chi connectivity index (χ1v) is 9.42. The third-order valence-corrected chi connectivity index (χ3v) is 4.58. The highest BCUT2D eigenvalue weighted by Crippen LogP contribution is 2.39. The third kappa shape index (κ3) is 4.14. The Morgan fingerprint density at radius 2 is 1.75 bits per heavy atom. The van der Waals surface area contributed by atoms with Gasteiger partial charge in [-0.05, 0) is 37.1 Å². The highest BCUT2D eigenvalue weighted by atomic mass is 16.5. The maximum atomic E-state index is 12.8. The molecule has 1 N–H and O–H groups in total. The van der Waals surface area contributed by atoms with Crippen molar-refractivity contribution in [2.75, 3.05) is 13.2 Å². The van der Waals surface area contributed by atoms with Crippen LogP contribution in [0.25, 0.3) is 5.69 Å². The highest BCUT2D eigenvalue weighted by molar-refractivity contribution is 5.77. The third-order valence-electron chi connectivity index (χ3n) is 4.58. The van der Waals surface area contributed by atoms with E-state index in [1.54, 1.807) is 16.7 Å². The van der Waals surface area contributed by atoms with Gasteiger partial charge in [0.2, 0.25) is 0 Å². The smallest absolute Gasteiger partial charge is 0.350 e. The van der Waals surface area contributed by atoms with E-state index in [4.69, 9.17) is 4.74 Å². The normalized spacial score (nSPS) is 13.3. The molecule has 1 saturated carbocycles. The molecule has 7 nitrogen and oxygen atoms in total. The van der Waals surface area contributed by atoms with Crippen molar-refractivity contribution in [3.8, 4) is 11.4 Å². The molecule has 1 heterocycles. The summed E-state index contributed by atoms with van der Waals surface area (Å²) < 4.78 is 8.52. The molecule has 7 heteroatoms. The monoisotopic (exact) mass is 378 g/mol. The molecule has 0 radical (unpaired) electrons. The zero-order chi connectivity index (χ0) is 19.3. The fraction of sp³-hybridized carbons (Fsp3) is 0.286. The Balaban J connectivity index is 1.37. The van der Waals surface area contributed by atoms with E-state index in [-0.39, 0.29) is 18.2 Å². The van der Waals surface area contributed by atoms with Gasteiger partial charge < -0.3 is 10.1 Å². The van der Waals surface area contributed by atoms with E-state index in [1.165, 1.54) is 4.68 Å². The van der Waals surface area contributed by atoms with Gasteiger partial charge in [0.05, 0.1) is 12.2 Å². The number of para-hydroxylation sites is 2. The molecule has 0 bridgehead atoms. The summed E-state index contributed by atoms with van der Waals surface area (Å²) in [6, 6.07) is 18.7. The fourth-order valence-electron chi connectivity index (χ4n) is 3.01. The minimum atomic E-state index is -0.234. The standard InChI is InChI=1S/C21H22N4O3/c26-19(15-28-18-9-5-2-6-10-18)22-13-14-24-21(27)25(17-7-3-1-4-8-17)20(23-24)16-11-12-16/h1-10,16H,11-15H2,(H,22,26). The number of nitrogens with one attached hydrogen (secondary N) is 1. The van der Waals surface area contributed by atoms with Gasteiger partial charge in [0.1, 0.15) is 11.6 Å². The SMILES string of the molecule is O=C(COc1ccccc1)NCCn1nc(C2CC2)n(-c2ccccc2)c1=O. The van der Waals surface area contributed by atoms with Crippen molar-refractivity contribution in [3.63, 3.8) is 0 Å². The number of amides is 1. The lowest BCUT2D eigenvalue weighted by atomic mass is 10.3. The zero-order valence-corrected chi connectivity index (χ0v) is 15.5. The van der Waals surface area contributed by atoms with Gasteiger partial charge in [0.25, 0.3) is 5.91 Å². The molecule has 3 aromatic rings. The minimum Gasteiger partial charge on any atom is -0.484 e. The predicted molar refractivity (Wildman–Crippen MR) is 105 cm³/mol. The summed E-state index contributed by atoms with van der Waals surface area (Å²) in [6.45, 7) is 0.562. The van der Waals surface area contributed by atoms with Crippen molar-refractivity contribution in [3.05, 3.63) is 77.0 Å². The van der Waals surface area contributed by atoms with Gasteiger partial charge in [0.15, 0.2) is 6.61 Å². The van der Waals surface area contributed by atoms with E-state index >= 15 is 0 Å². The van der Waals surface area contributed by atoms with Crippen LogP contribution in [0, 0.1) is 0 Å². The molecule has 0 saturated heterocycles. The van der Waals surface area contributed by atoms with Crippen LogP contribution in [0.15, 0.2) is 65.5 Å². The van der Waals surface area contributed by atoms with Crippen molar-refractivity contribution >= 4 is 5.91 Å². The van der Waals surface area contributed by atoms with E-state index in [0.717, 1.165) is 24.4 Å². The molecule has 1 aliphatic rings. The van der Waals surface area contributed by atoms with Crippen molar-refractivity contribution in [2.24, 2.45) is 0 Å². The van der Waals surface area contributed by atoms with Crippen LogP contribution >= 0.6 is 0 Å². The lowest BCUT2D eigenvalue weighted by Gasteiger charge is -2.07. The van der Waals surface area contributed by atoms with Gasteiger partial charge in [-0.25, -0.2) is 14.0 Å². The summed E-state index contributed by atoms with van der Waals surface area (Å²) in [4.78, 5) is 24.8. The summed E-state index contributed by atoms with van der Waals surface area (Å²) >= 11 is 0. The first kappa shape index (κ1) is 18.0. The van der Waals surface area contributed by atoms with Crippen LogP contribution in [0.4, 0.5) is 0 Å². The number of carbonyl (C=O) groups is 1. The molecular weight excluding hydrogens is 356 g/mol. The van der Waals surface area contributed by atoms with Gasteiger partial charge in [-0.3, -0.25) is 4.79 Å². The van der Waals surface area contributed by atoms with Gasteiger partial charge in [-0.1, -0.05) is 36.4 Å². The predicted octanol–water partition coefficient (Wildman–Crippen LogP) is 2.11. The molecule has 0 spiro atoms. The number of rotatable bonds is 8. The lowest BCUT2D eigenvalue weighted by molar-refractivity contribution is -0.123. The maximum absolute atomic E-state index is 12.8. The van der Waals surface area contributed by atoms with Crippen molar-refractivity contribution < 1.29 is 9.53 Å². The fourth-order valence-corrected chi connectivity index (χ4v) is 3.01. The molecule has 1 fully saturated rings. The molecule has 2 aromatic carbocycles. The Kier molecular flexibility index (Phi) is 5.23. The summed E-state index contributed by atoms with van der Waals surface area (Å²) in [5.74, 6) is 1.55. The quantitative estimate of drug-likeness (QED) is 0.651. The molecule has 144 valence electrons. The summed E-state index contributed by atoms with van der Waals surface area (Å²) in [5.41, 5.74) is 0.642. The Morgan fingerprint density at radius 3 is 2.43 bits per heavy atom. The van der Waals surface area contributed by atoms with Crippen LogP contribution in [0.2, 0.25) is 0 Å². The van der Waals surface area contributed by atoms with Gasteiger partial charge >= 0.3 is 5.69 Å². The number of carbonyl (C=O) groups excluding carboxylic acids is 1. The molecule has 0 atom stereocenters. The van der Waals surface area contributed by atoms with Crippen LogP contribution in [-0.2, 0) is 11.3 Å².